The van der Waals surface area contributed by atoms with Crippen molar-refractivity contribution < 1.29 is 48.9 Å². The molecule has 4 saturated heterocycles. The number of ether oxygens (including phenoxy) is 5. The molecule has 2 unspecified atom stereocenters. The van der Waals surface area contributed by atoms with Gasteiger partial charge in [0.25, 0.3) is 0 Å². The van der Waals surface area contributed by atoms with E-state index >= 15 is 0 Å². The molecule has 17 atom stereocenters. The second-order valence-electron chi connectivity index (χ2n) is 16.9. The number of rotatable bonds is 10. The first-order chi connectivity index (χ1) is 22.0. The maximum atomic E-state index is 11.9. The van der Waals surface area contributed by atoms with Crippen LogP contribution in [0.15, 0.2) is 0 Å². The van der Waals surface area contributed by atoms with Crippen LogP contribution in [0.3, 0.4) is 0 Å². The summed E-state index contributed by atoms with van der Waals surface area (Å²) >= 11 is 0. The average molecular weight is 669 g/mol. The van der Waals surface area contributed by atoms with Crippen LogP contribution in [-0.4, -0.2) is 99.3 Å². The number of carboxylic acids is 1. The Balaban J connectivity index is 1.29. The number of methoxy groups -OCH3 is 1. The normalized spacial score (nSPS) is 50.9. The molecule has 1 saturated carbocycles. The lowest BCUT2D eigenvalue weighted by Gasteiger charge is -2.49. The van der Waals surface area contributed by atoms with E-state index in [0.29, 0.717) is 6.42 Å². The summed E-state index contributed by atoms with van der Waals surface area (Å²) in [5.74, 6) is -2.84. The summed E-state index contributed by atoms with van der Waals surface area (Å²) in [5.41, 5.74) is -1.48. The van der Waals surface area contributed by atoms with Gasteiger partial charge in [-0.3, -0.25) is 4.79 Å². The van der Waals surface area contributed by atoms with Gasteiger partial charge in [0, 0.05) is 19.4 Å². The molecular formula is C37H64O10. The number of carboxylic acid groups (broad SMARTS) is 1. The van der Waals surface area contributed by atoms with Gasteiger partial charge < -0.3 is 44.1 Å². The van der Waals surface area contributed by atoms with Crippen LogP contribution in [0.5, 0.6) is 0 Å². The highest BCUT2D eigenvalue weighted by Crippen LogP contribution is 2.56. The molecule has 0 amide bonds. The van der Waals surface area contributed by atoms with Gasteiger partial charge in [-0.1, -0.05) is 41.5 Å². The lowest BCUT2D eigenvalue weighted by atomic mass is 9.64. The van der Waals surface area contributed by atoms with Crippen molar-refractivity contribution in [3.63, 3.8) is 0 Å². The Labute approximate surface area is 282 Å². The number of aliphatic carboxylic acids is 1. The van der Waals surface area contributed by atoms with Crippen LogP contribution in [0.1, 0.15) is 113 Å². The first-order valence-electron chi connectivity index (χ1n) is 18.5. The molecule has 5 rings (SSSR count). The maximum Gasteiger partial charge on any atom is 0.308 e. The Morgan fingerprint density at radius 3 is 2.34 bits per heavy atom. The van der Waals surface area contributed by atoms with Crippen molar-refractivity contribution in [1.82, 2.24) is 0 Å². The van der Waals surface area contributed by atoms with Crippen LogP contribution < -0.4 is 0 Å². The Bertz CT molecular complexity index is 1110. The van der Waals surface area contributed by atoms with Crippen LogP contribution in [-0.2, 0) is 28.5 Å². The van der Waals surface area contributed by atoms with E-state index in [0.717, 1.165) is 51.4 Å². The SMILES string of the molecule is CC[C@@]1([C@@H]2O[C@@H]([C@H]3O[C@@](O)(CO)[C@H](C)C[C@@H]3C)C[C@@H]2C)CC[C@H]([C@]2(C)CCC3(CC([C@@H](C)[C@@H](OC)[C@H](C)C(=O)O)[C@H](C)[C@@H](O)C3)O2)O1. The zero-order valence-electron chi connectivity index (χ0n) is 30.3. The predicted octanol–water partition coefficient (Wildman–Crippen LogP) is 4.94. The van der Waals surface area contributed by atoms with Gasteiger partial charge >= 0.3 is 5.97 Å². The number of aliphatic hydroxyl groups is 3. The molecule has 0 bridgehead atoms. The first kappa shape index (κ1) is 37.4. The molecule has 4 N–H and O–H groups in total. The Hall–Kier alpha value is -0.850. The fraction of sp³-hybridized carbons (Fsp3) is 0.973. The third-order valence-corrected chi connectivity index (χ3v) is 13.8. The predicted molar refractivity (Wildman–Crippen MR) is 176 cm³/mol. The van der Waals surface area contributed by atoms with Gasteiger partial charge in [-0.2, -0.15) is 0 Å². The van der Waals surface area contributed by atoms with Crippen LogP contribution >= 0.6 is 0 Å². The minimum atomic E-state index is -1.55. The number of hydrogen-bond acceptors (Lipinski definition) is 9. The van der Waals surface area contributed by atoms with Crippen LogP contribution in [0.2, 0.25) is 0 Å². The zero-order chi connectivity index (χ0) is 34.7. The summed E-state index contributed by atoms with van der Waals surface area (Å²) in [4.78, 5) is 11.9. The van der Waals surface area contributed by atoms with Crippen molar-refractivity contribution in [3.05, 3.63) is 0 Å². The minimum absolute atomic E-state index is 0.00147. The molecular weight excluding hydrogens is 604 g/mol. The van der Waals surface area contributed by atoms with Gasteiger partial charge in [0.05, 0.1) is 66.0 Å². The van der Waals surface area contributed by atoms with E-state index in [1.54, 1.807) is 14.0 Å². The lowest BCUT2D eigenvalue weighted by molar-refractivity contribution is -0.322. The quantitative estimate of drug-likeness (QED) is 0.253. The Morgan fingerprint density at radius 2 is 1.72 bits per heavy atom. The third-order valence-electron chi connectivity index (χ3n) is 13.8. The number of hydrogen-bond donors (Lipinski definition) is 4. The van der Waals surface area contributed by atoms with Gasteiger partial charge in [0.2, 0.25) is 0 Å². The largest absolute Gasteiger partial charge is 0.481 e. The lowest BCUT2D eigenvalue weighted by Crippen LogP contribution is -2.55. The summed E-state index contributed by atoms with van der Waals surface area (Å²) in [6.45, 7) is 16.0. The summed E-state index contributed by atoms with van der Waals surface area (Å²) in [6, 6.07) is 0. The molecule has 0 aromatic heterocycles. The fourth-order valence-electron chi connectivity index (χ4n) is 10.6. The molecule has 1 aliphatic carbocycles. The minimum Gasteiger partial charge on any atom is -0.481 e. The topological polar surface area (TPSA) is 144 Å². The molecule has 10 nitrogen and oxygen atoms in total. The van der Waals surface area contributed by atoms with Crippen molar-refractivity contribution in [2.75, 3.05) is 13.7 Å². The third kappa shape index (κ3) is 6.68. The van der Waals surface area contributed by atoms with E-state index in [1.807, 2.05) is 6.92 Å². The Kier molecular flexibility index (Phi) is 10.9. The van der Waals surface area contributed by atoms with Gasteiger partial charge in [-0.15, -0.1) is 0 Å². The van der Waals surface area contributed by atoms with E-state index < -0.39 is 53.3 Å². The maximum absolute atomic E-state index is 11.9. The van der Waals surface area contributed by atoms with Crippen molar-refractivity contribution in [2.45, 2.75) is 172 Å². The summed E-state index contributed by atoms with van der Waals surface area (Å²) in [6.07, 6.45) is 5.32. The summed E-state index contributed by atoms with van der Waals surface area (Å²) < 4.78 is 33.0. The molecule has 0 aromatic carbocycles. The highest BCUT2D eigenvalue weighted by Gasteiger charge is 2.61. The summed E-state index contributed by atoms with van der Waals surface area (Å²) in [5, 5.41) is 42.0. The highest BCUT2D eigenvalue weighted by atomic mass is 16.7. The first-order valence-corrected chi connectivity index (χ1v) is 18.5. The molecule has 47 heavy (non-hydrogen) atoms. The standard InChI is InChI=1S/C37H64O10/c1-10-36(32-21(3)16-28(44-32)30-20(2)15-22(4)37(42,19-38)46-30)12-11-29(45-36)34(8)13-14-35(47-34)17-26(23(5)27(39)18-35)24(6)31(43-9)25(7)33(40)41/h20-32,38-39,42H,10-19H2,1-9H3,(H,40,41)/t20-,21-,22+,23-,24+,25-,26?,27-,28+,29+,30-,31+,32+,34-,35?,36-,37-/m0/s1. The van der Waals surface area contributed by atoms with E-state index in [9.17, 15) is 25.2 Å². The molecule has 4 aliphatic heterocycles. The van der Waals surface area contributed by atoms with Crippen LogP contribution in [0.25, 0.3) is 0 Å². The van der Waals surface area contributed by atoms with Crippen molar-refractivity contribution in [2.24, 2.45) is 41.4 Å². The molecule has 1 spiro atoms. The van der Waals surface area contributed by atoms with Gasteiger partial charge in [0.1, 0.15) is 0 Å². The molecule has 0 aromatic rings. The molecule has 5 aliphatic rings. The highest BCUT2D eigenvalue weighted by molar-refractivity contribution is 5.70. The van der Waals surface area contributed by atoms with Crippen LogP contribution in [0, 0.1) is 41.4 Å². The Morgan fingerprint density at radius 1 is 1.02 bits per heavy atom. The molecule has 0 radical (unpaired) electrons. The van der Waals surface area contributed by atoms with Crippen molar-refractivity contribution in [3.8, 4) is 0 Å². The second kappa shape index (κ2) is 13.7. The summed E-state index contributed by atoms with van der Waals surface area (Å²) in [7, 11) is 1.58. The monoisotopic (exact) mass is 668 g/mol. The molecule has 10 heteroatoms. The molecule has 5 fully saturated rings. The van der Waals surface area contributed by atoms with E-state index in [1.165, 1.54) is 0 Å². The fourth-order valence-corrected chi connectivity index (χ4v) is 10.6. The molecule has 4 heterocycles. The second-order valence-corrected chi connectivity index (χ2v) is 16.9. The van der Waals surface area contributed by atoms with E-state index in [-0.39, 0.29) is 59.9 Å². The number of aliphatic hydroxyl groups excluding tert-OH is 2. The smallest absolute Gasteiger partial charge is 0.308 e. The average Bonchev–Trinajstić information content (AvgIpc) is 3.73. The van der Waals surface area contributed by atoms with Gasteiger partial charge in [-0.25, -0.2) is 0 Å². The molecule has 272 valence electrons. The zero-order valence-corrected chi connectivity index (χ0v) is 30.3. The number of carbonyl (C=O) groups is 1. The van der Waals surface area contributed by atoms with Gasteiger partial charge in [0.15, 0.2) is 5.79 Å². The van der Waals surface area contributed by atoms with E-state index in [2.05, 4.69) is 41.5 Å². The van der Waals surface area contributed by atoms with Gasteiger partial charge in [-0.05, 0) is 94.8 Å². The van der Waals surface area contributed by atoms with Crippen molar-refractivity contribution in [1.29, 1.82) is 0 Å². The van der Waals surface area contributed by atoms with Crippen LogP contribution in [0.4, 0.5) is 0 Å². The van der Waals surface area contributed by atoms with E-state index in [4.69, 9.17) is 23.7 Å². The van der Waals surface area contributed by atoms with Crippen molar-refractivity contribution >= 4 is 5.97 Å².